The fourth-order valence-corrected chi connectivity index (χ4v) is 3.93. The molecule has 0 N–H and O–H groups in total. The van der Waals surface area contributed by atoms with Gasteiger partial charge in [-0.3, -0.25) is 9.59 Å². The van der Waals surface area contributed by atoms with E-state index in [0.29, 0.717) is 48.0 Å². The number of ether oxygens (including phenoxy) is 3. The molecule has 0 saturated carbocycles. The summed E-state index contributed by atoms with van der Waals surface area (Å²) in [5, 5.41) is 1.85. The molecule has 31 heavy (non-hydrogen) atoms. The van der Waals surface area contributed by atoms with Gasteiger partial charge < -0.3 is 14.2 Å². The van der Waals surface area contributed by atoms with E-state index >= 15 is 0 Å². The molecule has 0 bridgehead atoms. The number of esters is 1. The van der Waals surface area contributed by atoms with E-state index in [1.165, 1.54) is 11.3 Å². The van der Waals surface area contributed by atoms with Crippen LogP contribution < -0.4 is 9.47 Å². The van der Waals surface area contributed by atoms with Gasteiger partial charge in [0.15, 0.2) is 23.1 Å². The molecule has 1 aliphatic rings. The number of hydrogen-bond donors (Lipinski definition) is 0. The van der Waals surface area contributed by atoms with E-state index in [1.54, 1.807) is 48.5 Å². The average Bonchev–Trinajstić information content (AvgIpc) is 3.36. The number of rotatable bonds is 8. The lowest BCUT2D eigenvalue weighted by Crippen LogP contribution is -2.16. The molecular weight excluding hydrogens is 416 g/mol. The largest absolute Gasteiger partial charge is 0.486 e. The molecule has 1 aliphatic heterocycles. The van der Waals surface area contributed by atoms with Gasteiger partial charge >= 0.3 is 5.97 Å². The molecule has 1 aromatic heterocycles. The third-order valence-corrected chi connectivity index (χ3v) is 5.68. The summed E-state index contributed by atoms with van der Waals surface area (Å²) < 4.78 is 16.4. The van der Waals surface area contributed by atoms with Crippen molar-refractivity contribution in [3.05, 3.63) is 81.5 Å². The highest BCUT2D eigenvalue weighted by Crippen LogP contribution is 2.31. The molecule has 0 fully saturated rings. The van der Waals surface area contributed by atoms with Crippen LogP contribution in [-0.2, 0) is 4.74 Å². The molecule has 0 saturated heterocycles. The second-order valence-electron chi connectivity index (χ2n) is 6.87. The van der Waals surface area contributed by atoms with E-state index < -0.39 is 5.97 Å². The molecule has 0 unspecified atom stereocenters. The Balaban J connectivity index is 1.41. The Morgan fingerprint density at radius 3 is 2.45 bits per heavy atom. The van der Waals surface area contributed by atoms with Gasteiger partial charge in [0, 0.05) is 17.5 Å². The van der Waals surface area contributed by atoms with Gasteiger partial charge in [-0.1, -0.05) is 24.3 Å². The summed E-state index contributed by atoms with van der Waals surface area (Å²) in [4.78, 5) is 38.4. The summed E-state index contributed by atoms with van der Waals surface area (Å²) in [5.74, 6) is 0.225. The number of carbonyl (C=O) groups excluding carboxylic acids is 3. The highest BCUT2D eigenvalue weighted by atomic mass is 32.1. The number of hydrogen-bond acceptors (Lipinski definition) is 7. The number of thiophene rings is 1. The Kier molecular flexibility index (Phi) is 6.43. The van der Waals surface area contributed by atoms with E-state index in [1.807, 2.05) is 11.4 Å². The topological polar surface area (TPSA) is 78.9 Å². The van der Waals surface area contributed by atoms with Crippen molar-refractivity contribution in [1.82, 2.24) is 0 Å². The fraction of sp³-hybridized carbons (Fsp3) is 0.208. The third kappa shape index (κ3) is 4.83. The zero-order valence-electron chi connectivity index (χ0n) is 16.7. The lowest BCUT2D eigenvalue weighted by molar-refractivity contribution is 0.0491. The monoisotopic (exact) mass is 436 g/mol. The smallest absolute Gasteiger partial charge is 0.338 e. The Morgan fingerprint density at radius 1 is 0.903 bits per heavy atom. The third-order valence-electron chi connectivity index (χ3n) is 4.77. The molecule has 0 amide bonds. The zero-order valence-corrected chi connectivity index (χ0v) is 17.5. The standard InChI is InChI=1S/C24H20O6S/c25-19(22-8-4-14-31-22)7-3-11-30-24(27)18-6-2-1-5-17(18)23(26)16-9-10-20-21(15-16)29-13-12-28-20/h1-2,4-6,8-10,14-15H,3,7,11-13H2. The summed E-state index contributed by atoms with van der Waals surface area (Å²) in [6.07, 6.45) is 0.715. The quantitative estimate of drug-likeness (QED) is 0.292. The van der Waals surface area contributed by atoms with Gasteiger partial charge in [0.05, 0.1) is 17.0 Å². The first-order valence-corrected chi connectivity index (χ1v) is 10.8. The first-order valence-electron chi connectivity index (χ1n) is 9.90. The van der Waals surface area contributed by atoms with Gasteiger partial charge in [-0.2, -0.15) is 0 Å². The summed E-state index contributed by atoms with van der Waals surface area (Å²) in [7, 11) is 0. The van der Waals surface area contributed by atoms with Crippen LogP contribution in [0.5, 0.6) is 11.5 Å². The summed E-state index contributed by atoms with van der Waals surface area (Å²) in [5.41, 5.74) is 0.830. The molecule has 6 nitrogen and oxygen atoms in total. The van der Waals surface area contributed by atoms with Crippen LogP contribution in [0.4, 0.5) is 0 Å². The molecular formula is C24H20O6S. The van der Waals surface area contributed by atoms with Crippen molar-refractivity contribution in [3.63, 3.8) is 0 Å². The molecule has 0 atom stereocenters. The Hall–Kier alpha value is -3.45. The van der Waals surface area contributed by atoms with Gasteiger partial charge in [0.25, 0.3) is 0 Å². The van der Waals surface area contributed by atoms with Crippen molar-refractivity contribution >= 4 is 28.9 Å². The van der Waals surface area contributed by atoms with Crippen LogP contribution in [0.1, 0.15) is 48.8 Å². The maximum Gasteiger partial charge on any atom is 0.338 e. The van der Waals surface area contributed by atoms with Crippen LogP contribution in [0.15, 0.2) is 60.0 Å². The summed E-state index contributed by atoms with van der Waals surface area (Å²) in [6, 6.07) is 15.1. The number of ketones is 2. The number of fused-ring (bicyclic) bond motifs is 1. The minimum atomic E-state index is -0.593. The lowest BCUT2D eigenvalue weighted by Gasteiger charge is -2.18. The molecule has 158 valence electrons. The van der Waals surface area contributed by atoms with Crippen molar-refractivity contribution in [2.75, 3.05) is 19.8 Å². The molecule has 2 heterocycles. The Bertz CT molecular complexity index is 1100. The van der Waals surface area contributed by atoms with Crippen LogP contribution in [0.25, 0.3) is 0 Å². The molecule has 0 radical (unpaired) electrons. The lowest BCUT2D eigenvalue weighted by atomic mass is 9.98. The molecule has 3 aromatic rings. The maximum absolute atomic E-state index is 13.1. The molecule has 0 spiro atoms. The minimum Gasteiger partial charge on any atom is -0.486 e. The summed E-state index contributed by atoms with van der Waals surface area (Å²) >= 11 is 1.39. The van der Waals surface area contributed by atoms with Crippen LogP contribution >= 0.6 is 11.3 Å². The number of Topliss-reactive ketones (excluding diaryl/α,β-unsaturated/α-hetero) is 1. The van der Waals surface area contributed by atoms with Gasteiger partial charge in [0.2, 0.25) is 0 Å². The van der Waals surface area contributed by atoms with Gasteiger partial charge in [-0.15, -0.1) is 11.3 Å². The maximum atomic E-state index is 13.1. The SMILES string of the molecule is O=C(CCCOC(=O)c1ccccc1C(=O)c1ccc2c(c1)OCCO2)c1cccs1. The molecule has 0 aliphatic carbocycles. The fourth-order valence-electron chi connectivity index (χ4n) is 3.23. The van der Waals surface area contributed by atoms with Crippen LogP contribution in [0, 0.1) is 0 Å². The highest BCUT2D eigenvalue weighted by Gasteiger charge is 2.21. The van der Waals surface area contributed by atoms with Crippen LogP contribution in [0.3, 0.4) is 0 Å². The van der Waals surface area contributed by atoms with E-state index in [2.05, 4.69) is 0 Å². The predicted molar refractivity (Wildman–Crippen MR) is 115 cm³/mol. The van der Waals surface area contributed by atoms with Gasteiger partial charge in [-0.05, 0) is 42.1 Å². The van der Waals surface area contributed by atoms with Crippen LogP contribution in [-0.4, -0.2) is 37.4 Å². The second-order valence-corrected chi connectivity index (χ2v) is 7.82. The first kappa shape index (κ1) is 20.8. The minimum absolute atomic E-state index is 0.0280. The number of benzene rings is 2. The normalized spacial score (nSPS) is 12.3. The molecule has 2 aromatic carbocycles. The highest BCUT2D eigenvalue weighted by molar-refractivity contribution is 7.12. The zero-order chi connectivity index (χ0) is 21.6. The van der Waals surface area contributed by atoms with Crippen LogP contribution in [0.2, 0.25) is 0 Å². The molecule has 4 rings (SSSR count). The van der Waals surface area contributed by atoms with E-state index in [4.69, 9.17) is 14.2 Å². The van der Waals surface area contributed by atoms with E-state index in [9.17, 15) is 14.4 Å². The summed E-state index contributed by atoms with van der Waals surface area (Å²) in [6.45, 7) is 0.985. The predicted octanol–water partition coefficient (Wildman–Crippen LogP) is 4.57. The first-order chi connectivity index (χ1) is 15.1. The van der Waals surface area contributed by atoms with Crippen molar-refractivity contribution in [3.8, 4) is 11.5 Å². The van der Waals surface area contributed by atoms with Crippen molar-refractivity contribution < 1.29 is 28.6 Å². The van der Waals surface area contributed by atoms with E-state index in [-0.39, 0.29) is 29.3 Å². The Labute approximate surface area is 183 Å². The van der Waals surface area contributed by atoms with E-state index in [0.717, 1.165) is 0 Å². The number of carbonyl (C=O) groups is 3. The van der Waals surface area contributed by atoms with Gasteiger partial charge in [-0.25, -0.2) is 4.79 Å². The Morgan fingerprint density at radius 2 is 1.68 bits per heavy atom. The van der Waals surface area contributed by atoms with Crippen molar-refractivity contribution in [1.29, 1.82) is 0 Å². The second kappa shape index (κ2) is 9.57. The van der Waals surface area contributed by atoms with Crippen molar-refractivity contribution in [2.24, 2.45) is 0 Å². The average molecular weight is 436 g/mol. The van der Waals surface area contributed by atoms with Crippen molar-refractivity contribution in [2.45, 2.75) is 12.8 Å². The van der Waals surface area contributed by atoms with Gasteiger partial charge in [0.1, 0.15) is 13.2 Å². The molecule has 7 heteroatoms.